The van der Waals surface area contributed by atoms with Gasteiger partial charge in [0.05, 0.1) is 0 Å². The summed E-state index contributed by atoms with van der Waals surface area (Å²) < 4.78 is 5.34. The number of hydrogen-bond acceptors (Lipinski definition) is 4. The van der Waals surface area contributed by atoms with Crippen molar-refractivity contribution in [2.45, 2.75) is 19.4 Å². The second kappa shape index (κ2) is 6.07. The van der Waals surface area contributed by atoms with Gasteiger partial charge in [0.2, 0.25) is 0 Å². The number of hydrogen-bond donors (Lipinski definition) is 0. The highest BCUT2D eigenvalue weighted by Crippen LogP contribution is 2.29. The van der Waals surface area contributed by atoms with Crippen LogP contribution in [0, 0.1) is 5.41 Å². The van der Waals surface area contributed by atoms with Crippen LogP contribution in [-0.2, 0) is 16.1 Å². The fourth-order valence-electron chi connectivity index (χ4n) is 2.48. The van der Waals surface area contributed by atoms with Crippen LogP contribution >= 0.6 is 0 Å². The first-order valence-electron chi connectivity index (χ1n) is 6.36. The SMILES string of the molecule is CN(Cc1ccncc1)CC1(C=O)CCOCC1. The van der Waals surface area contributed by atoms with Crippen LogP contribution in [0.15, 0.2) is 24.5 Å². The lowest BCUT2D eigenvalue weighted by molar-refractivity contribution is -0.122. The molecule has 0 atom stereocenters. The Hall–Kier alpha value is -1.26. The first-order chi connectivity index (χ1) is 8.74. The van der Waals surface area contributed by atoms with Crippen molar-refractivity contribution in [2.75, 3.05) is 26.8 Å². The molecule has 1 saturated heterocycles. The second-order valence-corrected chi connectivity index (χ2v) is 5.12. The highest BCUT2D eigenvalue weighted by molar-refractivity contribution is 5.60. The summed E-state index contributed by atoms with van der Waals surface area (Å²) in [6.07, 6.45) is 6.38. The zero-order valence-electron chi connectivity index (χ0n) is 10.8. The van der Waals surface area contributed by atoms with Crippen molar-refractivity contribution in [2.24, 2.45) is 5.41 Å². The average Bonchev–Trinajstić information content (AvgIpc) is 2.41. The summed E-state index contributed by atoms with van der Waals surface area (Å²) in [5.74, 6) is 0. The molecular formula is C14H20N2O2. The van der Waals surface area contributed by atoms with E-state index in [0.29, 0.717) is 13.2 Å². The number of aldehydes is 1. The van der Waals surface area contributed by atoms with Gasteiger partial charge >= 0.3 is 0 Å². The lowest BCUT2D eigenvalue weighted by Gasteiger charge is -2.35. The van der Waals surface area contributed by atoms with E-state index in [-0.39, 0.29) is 5.41 Å². The molecule has 4 heteroatoms. The minimum Gasteiger partial charge on any atom is -0.381 e. The minimum absolute atomic E-state index is 0.222. The fourth-order valence-corrected chi connectivity index (χ4v) is 2.48. The summed E-state index contributed by atoms with van der Waals surface area (Å²) in [6, 6.07) is 4.02. The van der Waals surface area contributed by atoms with Crippen molar-refractivity contribution in [3.8, 4) is 0 Å². The maximum absolute atomic E-state index is 11.4. The van der Waals surface area contributed by atoms with E-state index in [0.717, 1.165) is 32.2 Å². The van der Waals surface area contributed by atoms with Crippen molar-refractivity contribution in [1.29, 1.82) is 0 Å². The third-order valence-corrected chi connectivity index (χ3v) is 3.53. The van der Waals surface area contributed by atoms with E-state index in [9.17, 15) is 4.79 Å². The molecule has 4 nitrogen and oxygen atoms in total. The Bertz CT molecular complexity index is 375. The molecule has 1 fully saturated rings. The van der Waals surface area contributed by atoms with Crippen molar-refractivity contribution in [3.63, 3.8) is 0 Å². The highest BCUT2D eigenvalue weighted by Gasteiger charge is 2.33. The number of ether oxygens (including phenoxy) is 1. The normalized spacial score (nSPS) is 18.8. The smallest absolute Gasteiger partial charge is 0.127 e. The number of carbonyl (C=O) groups is 1. The van der Waals surface area contributed by atoms with E-state index in [4.69, 9.17) is 4.74 Å². The monoisotopic (exact) mass is 248 g/mol. The topological polar surface area (TPSA) is 42.4 Å². The Morgan fingerprint density at radius 2 is 2.06 bits per heavy atom. The lowest BCUT2D eigenvalue weighted by Crippen LogP contribution is -2.41. The van der Waals surface area contributed by atoms with Crippen LogP contribution < -0.4 is 0 Å². The molecule has 0 unspecified atom stereocenters. The van der Waals surface area contributed by atoms with Crippen molar-refractivity contribution < 1.29 is 9.53 Å². The van der Waals surface area contributed by atoms with E-state index in [1.54, 1.807) is 12.4 Å². The summed E-state index contributed by atoms with van der Waals surface area (Å²) in [4.78, 5) is 17.6. The minimum atomic E-state index is -0.222. The molecule has 1 aliphatic heterocycles. The second-order valence-electron chi connectivity index (χ2n) is 5.12. The van der Waals surface area contributed by atoms with Gasteiger partial charge in [-0.05, 0) is 37.6 Å². The molecule has 2 rings (SSSR count). The van der Waals surface area contributed by atoms with Gasteiger partial charge in [-0.25, -0.2) is 0 Å². The van der Waals surface area contributed by atoms with Gasteiger partial charge in [0.15, 0.2) is 0 Å². The molecule has 0 spiro atoms. The Morgan fingerprint density at radius 3 is 2.67 bits per heavy atom. The van der Waals surface area contributed by atoms with Crippen LogP contribution in [0.1, 0.15) is 18.4 Å². The number of rotatable bonds is 5. The third kappa shape index (κ3) is 3.37. The molecule has 0 aromatic carbocycles. The van der Waals surface area contributed by atoms with E-state index < -0.39 is 0 Å². The van der Waals surface area contributed by atoms with Crippen LogP contribution in [-0.4, -0.2) is 43.0 Å². The lowest BCUT2D eigenvalue weighted by atomic mass is 9.81. The molecule has 0 amide bonds. The van der Waals surface area contributed by atoms with Gasteiger partial charge < -0.3 is 14.4 Å². The summed E-state index contributed by atoms with van der Waals surface area (Å²) in [7, 11) is 2.06. The zero-order valence-corrected chi connectivity index (χ0v) is 10.8. The predicted octanol–water partition coefficient (Wildman–Crippen LogP) is 1.51. The van der Waals surface area contributed by atoms with Gasteiger partial charge in [-0.15, -0.1) is 0 Å². The van der Waals surface area contributed by atoms with Gasteiger partial charge in [0.25, 0.3) is 0 Å². The molecule has 1 aromatic rings. The van der Waals surface area contributed by atoms with Crippen LogP contribution in [0.25, 0.3) is 0 Å². The average molecular weight is 248 g/mol. The Morgan fingerprint density at radius 1 is 1.39 bits per heavy atom. The summed E-state index contributed by atoms with van der Waals surface area (Å²) in [5, 5.41) is 0. The molecule has 98 valence electrons. The zero-order chi connectivity index (χ0) is 12.8. The van der Waals surface area contributed by atoms with Gasteiger partial charge in [-0.1, -0.05) is 0 Å². The van der Waals surface area contributed by atoms with Gasteiger partial charge in [-0.2, -0.15) is 0 Å². The van der Waals surface area contributed by atoms with Crippen LogP contribution in [0.4, 0.5) is 0 Å². The van der Waals surface area contributed by atoms with Crippen LogP contribution in [0.2, 0.25) is 0 Å². The van der Waals surface area contributed by atoms with Crippen molar-refractivity contribution in [1.82, 2.24) is 9.88 Å². The van der Waals surface area contributed by atoms with Gasteiger partial charge in [0, 0.05) is 44.1 Å². The first kappa shape index (κ1) is 13.2. The number of aromatic nitrogens is 1. The molecule has 0 bridgehead atoms. The summed E-state index contributed by atoms with van der Waals surface area (Å²) >= 11 is 0. The molecule has 0 N–H and O–H groups in total. The maximum atomic E-state index is 11.4. The van der Waals surface area contributed by atoms with E-state index in [1.165, 1.54) is 5.56 Å². The number of pyridine rings is 1. The maximum Gasteiger partial charge on any atom is 0.127 e. The largest absolute Gasteiger partial charge is 0.381 e. The molecule has 0 radical (unpaired) electrons. The Balaban J connectivity index is 1.93. The molecule has 0 aliphatic carbocycles. The fraction of sp³-hybridized carbons (Fsp3) is 0.571. The van der Waals surface area contributed by atoms with Crippen molar-refractivity contribution >= 4 is 6.29 Å². The molecule has 0 saturated carbocycles. The van der Waals surface area contributed by atoms with Gasteiger partial charge in [-0.3, -0.25) is 4.98 Å². The number of carbonyl (C=O) groups excluding carboxylic acids is 1. The molecule has 1 aliphatic rings. The van der Waals surface area contributed by atoms with E-state index in [2.05, 4.69) is 16.9 Å². The molecular weight excluding hydrogens is 228 g/mol. The van der Waals surface area contributed by atoms with E-state index in [1.807, 2.05) is 12.1 Å². The quantitative estimate of drug-likeness (QED) is 0.741. The first-order valence-corrected chi connectivity index (χ1v) is 6.36. The number of nitrogens with zero attached hydrogens (tertiary/aromatic N) is 2. The Kier molecular flexibility index (Phi) is 4.44. The molecule has 18 heavy (non-hydrogen) atoms. The van der Waals surface area contributed by atoms with E-state index >= 15 is 0 Å². The third-order valence-electron chi connectivity index (χ3n) is 3.53. The highest BCUT2D eigenvalue weighted by atomic mass is 16.5. The standard InChI is InChI=1S/C14H20N2O2/c1-16(10-13-2-6-15-7-3-13)11-14(12-17)4-8-18-9-5-14/h2-3,6-7,12H,4-5,8-11H2,1H3. The van der Waals surface area contributed by atoms with Crippen LogP contribution in [0.3, 0.4) is 0 Å². The summed E-state index contributed by atoms with van der Waals surface area (Å²) in [6.45, 7) is 3.03. The van der Waals surface area contributed by atoms with Gasteiger partial charge in [0.1, 0.15) is 6.29 Å². The predicted molar refractivity (Wildman–Crippen MR) is 69.1 cm³/mol. The summed E-state index contributed by atoms with van der Waals surface area (Å²) in [5.41, 5.74) is 1.00. The van der Waals surface area contributed by atoms with Crippen LogP contribution in [0.5, 0.6) is 0 Å². The Labute approximate surface area is 108 Å². The van der Waals surface area contributed by atoms with Crippen molar-refractivity contribution in [3.05, 3.63) is 30.1 Å². The molecule has 1 aromatic heterocycles. The molecule has 2 heterocycles.